The van der Waals surface area contributed by atoms with Gasteiger partial charge >= 0.3 is 0 Å². The Bertz CT molecular complexity index is 951. The second kappa shape index (κ2) is 6.50. The summed E-state index contributed by atoms with van der Waals surface area (Å²) in [6.45, 7) is 0.244. The predicted octanol–water partition coefficient (Wildman–Crippen LogP) is 3.79. The van der Waals surface area contributed by atoms with E-state index in [9.17, 15) is 0 Å². The largest absolute Gasteiger partial charge is 0.484 e. The molecule has 0 unspecified atom stereocenters. The lowest BCUT2D eigenvalue weighted by Crippen LogP contribution is -1.95. The van der Waals surface area contributed by atoms with E-state index < -0.39 is 0 Å². The molecule has 0 saturated carbocycles. The Morgan fingerprint density at radius 1 is 0.875 bits per heavy atom. The van der Waals surface area contributed by atoms with Gasteiger partial charge in [-0.05, 0) is 29.8 Å². The fraction of sp³-hybridized carbons (Fsp3) is 0.105. The van der Waals surface area contributed by atoms with Gasteiger partial charge in [-0.3, -0.25) is 4.98 Å². The van der Waals surface area contributed by atoms with Crippen LogP contribution in [0.25, 0.3) is 10.9 Å². The third kappa shape index (κ3) is 3.25. The molecule has 0 aliphatic carbocycles. The van der Waals surface area contributed by atoms with E-state index >= 15 is 0 Å². The van der Waals surface area contributed by atoms with E-state index in [2.05, 4.69) is 15.2 Å². The Labute approximate surface area is 138 Å². The van der Waals surface area contributed by atoms with Crippen LogP contribution in [-0.4, -0.2) is 15.2 Å². The molecule has 0 N–H and O–H groups in total. The van der Waals surface area contributed by atoms with Gasteiger partial charge in [-0.25, -0.2) is 0 Å². The zero-order chi connectivity index (χ0) is 16.2. The quantitative estimate of drug-likeness (QED) is 0.560. The summed E-state index contributed by atoms with van der Waals surface area (Å²) in [5.74, 6) is 1.80. The van der Waals surface area contributed by atoms with Crippen LogP contribution in [0.15, 0.2) is 71.3 Å². The molecule has 0 bridgehead atoms. The van der Waals surface area contributed by atoms with Crippen molar-refractivity contribution in [3.05, 3.63) is 84.2 Å². The van der Waals surface area contributed by atoms with E-state index in [4.69, 9.17) is 9.15 Å². The third-order valence-electron chi connectivity index (χ3n) is 3.64. The summed E-state index contributed by atoms with van der Waals surface area (Å²) < 4.78 is 11.4. The average Bonchev–Trinajstić information content (AvgIpc) is 3.08. The maximum atomic E-state index is 5.74. The lowest BCUT2D eigenvalue weighted by molar-refractivity contribution is 0.260. The Morgan fingerprint density at radius 3 is 2.67 bits per heavy atom. The van der Waals surface area contributed by atoms with Crippen LogP contribution in [0.4, 0.5) is 0 Å². The van der Waals surface area contributed by atoms with Crippen molar-refractivity contribution in [1.82, 2.24) is 15.2 Å². The van der Waals surface area contributed by atoms with Crippen molar-refractivity contribution in [3.8, 4) is 5.75 Å². The first-order valence-electron chi connectivity index (χ1n) is 7.69. The second-order valence-electron chi connectivity index (χ2n) is 5.40. The number of pyridine rings is 1. The molecular weight excluding hydrogens is 302 g/mol. The van der Waals surface area contributed by atoms with Gasteiger partial charge in [-0.2, -0.15) is 0 Å². The molecule has 5 nitrogen and oxygen atoms in total. The molecular formula is C19H15N3O2. The standard InChI is InChI=1S/C19H15N3O2/c1-2-5-14(6-3-1)11-18-21-22-19(24-18)13-23-16-8-9-17-15(12-16)7-4-10-20-17/h1-10,12H,11,13H2. The van der Waals surface area contributed by atoms with Crippen LogP contribution < -0.4 is 4.74 Å². The highest BCUT2D eigenvalue weighted by atomic mass is 16.5. The van der Waals surface area contributed by atoms with E-state index in [0.29, 0.717) is 18.2 Å². The van der Waals surface area contributed by atoms with Gasteiger partial charge in [0.25, 0.3) is 5.89 Å². The van der Waals surface area contributed by atoms with Gasteiger partial charge in [0.2, 0.25) is 5.89 Å². The van der Waals surface area contributed by atoms with Gasteiger partial charge in [-0.15, -0.1) is 10.2 Å². The third-order valence-corrected chi connectivity index (χ3v) is 3.64. The first-order chi connectivity index (χ1) is 11.9. The van der Waals surface area contributed by atoms with Gasteiger partial charge in [-0.1, -0.05) is 36.4 Å². The molecule has 0 aliphatic heterocycles. The van der Waals surface area contributed by atoms with E-state index in [0.717, 1.165) is 22.2 Å². The van der Waals surface area contributed by atoms with Crippen LogP contribution in [0.1, 0.15) is 17.3 Å². The van der Waals surface area contributed by atoms with Crippen molar-refractivity contribution in [2.24, 2.45) is 0 Å². The Balaban J connectivity index is 1.42. The van der Waals surface area contributed by atoms with Gasteiger partial charge in [0, 0.05) is 11.6 Å². The minimum Gasteiger partial charge on any atom is -0.484 e. The molecule has 0 atom stereocenters. The maximum absolute atomic E-state index is 5.74. The lowest BCUT2D eigenvalue weighted by atomic mass is 10.2. The number of rotatable bonds is 5. The highest BCUT2D eigenvalue weighted by Crippen LogP contribution is 2.20. The summed E-state index contributed by atoms with van der Waals surface area (Å²) in [5, 5.41) is 9.14. The minimum absolute atomic E-state index is 0.244. The number of fused-ring (bicyclic) bond motifs is 1. The smallest absolute Gasteiger partial charge is 0.253 e. The van der Waals surface area contributed by atoms with Gasteiger partial charge < -0.3 is 9.15 Å². The maximum Gasteiger partial charge on any atom is 0.253 e. The Morgan fingerprint density at radius 2 is 1.75 bits per heavy atom. The molecule has 0 saturated heterocycles. The van der Waals surface area contributed by atoms with Crippen molar-refractivity contribution in [2.75, 3.05) is 0 Å². The fourth-order valence-corrected chi connectivity index (χ4v) is 2.48. The van der Waals surface area contributed by atoms with Crippen molar-refractivity contribution in [1.29, 1.82) is 0 Å². The number of hydrogen-bond donors (Lipinski definition) is 0. The summed E-state index contributed by atoms with van der Waals surface area (Å²) in [6.07, 6.45) is 2.39. The Hall–Kier alpha value is -3.21. The predicted molar refractivity (Wildman–Crippen MR) is 89.6 cm³/mol. The summed E-state index contributed by atoms with van der Waals surface area (Å²) in [4.78, 5) is 4.29. The highest BCUT2D eigenvalue weighted by molar-refractivity contribution is 5.79. The molecule has 2 aromatic heterocycles. The van der Waals surface area contributed by atoms with Crippen molar-refractivity contribution >= 4 is 10.9 Å². The second-order valence-corrected chi connectivity index (χ2v) is 5.40. The van der Waals surface area contributed by atoms with Gasteiger partial charge in [0.1, 0.15) is 5.75 Å². The van der Waals surface area contributed by atoms with Gasteiger partial charge in [0.15, 0.2) is 6.61 Å². The number of hydrogen-bond acceptors (Lipinski definition) is 5. The fourth-order valence-electron chi connectivity index (χ4n) is 2.48. The van der Waals surface area contributed by atoms with E-state index in [-0.39, 0.29) is 6.61 Å². The summed E-state index contributed by atoms with van der Waals surface area (Å²) in [7, 11) is 0. The number of nitrogens with zero attached hydrogens (tertiary/aromatic N) is 3. The van der Waals surface area contributed by atoms with Crippen LogP contribution in [0, 0.1) is 0 Å². The summed E-state index contributed by atoms with van der Waals surface area (Å²) in [5.41, 5.74) is 2.07. The summed E-state index contributed by atoms with van der Waals surface area (Å²) >= 11 is 0. The molecule has 4 aromatic rings. The Kier molecular flexibility index (Phi) is 3.90. The van der Waals surface area contributed by atoms with Crippen LogP contribution >= 0.6 is 0 Å². The summed E-state index contributed by atoms with van der Waals surface area (Å²) in [6, 6.07) is 19.7. The van der Waals surface area contributed by atoms with E-state index in [1.165, 1.54) is 0 Å². The minimum atomic E-state index is 0.244. The SMILES string of the molecule is c1ccc(Cc2nnc(COc3ccc4ncccc4c3)o2)cc1. The molecule has 0 fully saturated rings. The molecule has 2 aromatic carbocycles. The number of benzene rings is 2. The van der Waals surface area contributed by atoms with Crippen LogP contribution in [0.2, 0.25) is 0 Å². The van der Waals surface area contributed by atoms with Gasteiger partial charge in [0.05, 0.1) is 11.9 Å². The molecule has 24 heavy (non-hydrogen) atoms. The number of aromatic nitrogens is 3. The molecule has 5 heteroatoms. The zero-order valence-corrected chi connectivity index (χ0v) is 12.9. The van der Waals surface area contributed by atoms with E-state index in [1.807, 2.05) is 60.7 Å². The average molecular weight is 317 g/mol. The van der Waals surface area contributed by atoms with Crippen molar-refractivity contribution < 1.29 is 9.15 Å². The molecule has 118 valence electrons. The topological polar surface area (TPSA) is 61.0 Å². The van der Waals surface area contributed by atoms with Crippen LogP contribution in [0.3, 0.4) is 0 Å². The molecule has 0 amide bonds. The first kappa shape index (κ1) is 14.4. The highest BCUT2D eigenvalue weighted by Gasteiger charge is 2.08. The van der Waals surface area contributed by atoms with Crippen LogP contribution in [-0.2, 0) is 13.0 Å². The van der Waals surface area contributed by atoms with Crippen molar-refractivity contribution in [2.45, 2.75) is 13.0 Å². The molecule has 2 heterocycles. The first-order valence-corrected chi connectivity index (χ1v) is 7.69. The van der Waals surface area contributed by atoms with Crippen molar-refractivity contribution in [3.63, 3.8) is 0 Å². The van der Waals surface area contributed by atoms with E-state index in [1.54, 1.807) is 6.20 Å². The molecule has 4 rings (SSSR count). The monoisotopic (exact) mass is 317 g/mol. The molecule has 0 aliphatic rings. The normalized spacial score (nSPS) is 10.8. The lowest BCUT2D eigenvalue weighted by Gasteiger charge is -2.04. The number of ether oxygens (including phenoxy) is 1. The zero-order valence-electron chi connectivity index (χ0n) is 12.9. The molecule has 0 spiro atoms. The van der Waals surface area contributed by atoms with Crippen LogP contribution in [0.5, 0.6) is 5.75 Å². The molecule has 0 radical (unpaired) electrons.